The molecule has 1 nitrogen and oxygen atoms in total. The fraction of sp³-hybridized carbons (Fsp3) is 1.00. The van der Waals surface area contributed by atoms with Gasteiger partial charge in [-0.2, -0.15) is 0 Å². The maximum Gasteiger partial charge on any atom is 0.154 e. The van der Waals surface area contributed by atoms with Crippen LogP contribution >= 0.6 is 11.6 Å². The normalized spacial score (nSPS) is 11.4. The van der Waals surface area contributed by atoms with Gasteiger partial charge >= 0.3 is 0 Å². The molecule has 0 aromatic rings. The topological polar surface area (TPSA) is 0 Å². The largest absolute Gasteiger partial charge is 1.00 e. The molecule has 124 valence electrons. The van der Waals surface area contributed by atoms with Gasteiger partial charge in [-0.3, -0.25) is 0 Å². The van der Waals surface area contributed by atoms with Crippen LogP contribution < -0.4 is 12.4 Å². The molecule has 0 aliphatic carbocycles. The maximum absolute atomic E-state index is 5.91. The first-order valence-corrected chi connectivity index (χ1v) is 9.04. The highest BCUT2D eigenvalue weighted by Gasteiger charge is 2.11. The summed E-state index contributed by atoms with van der Waals surface area (Å²) in [7, 11) is 4.43. The third kappa shape index (κ3) is 16.6. The van der Waals surface area contributed by atoms with Gasteiger partial charge in [-0.25, -0.2) is 0 Å². The smallest absolute Gasteiger partial charge is 0.154 e. The Morgan fingerprint density at radius 2 is 1.00 bits per heavy atom. The number of quaternary nitrogens is 1. The number of unbranched alkanes of at least 4 members (excludes halogenated alkanes) is 11. The predicted octanol–water partition coefficient (Wildman–Crippen LogP) is 2.96. The number of hydrogen-bond donors (Lipinski definition) is 0. The molecule has 0 radical (unpaired) electrons. The van der Waals surface area contributed by atoms with E-state index in [0.29, 0.717) is 0 Å². The van der Waals surface area contributed by atoms with Crippen molar-refractivity contribution in [2.75, 3.05) is 26.6 Å². The molecule has 3 heteroatoms. The Morgan fingerprint density at radius 3 is 1.35 bits per heavy atom. The average Bonchev–Trinajstić information content (AvgIpc) is 2.40. The molecule has 0 saturated heterocycles. The quantitative estimate of drug-likeness (QED) is 0.199. The van der Waals surface area contributed by atoms with Crippen molar-refractivity contribution in [3.05, 3.63) is 0 Å². The van der Waals surface area contributed by atoms with E-state index >= 15 is 0 Å². The Labute approximate surface area is 139 Å². The monoisotopic (exact) mass is 325 g/mol. The van der Waals surface area contributed by atoms with E-state index in [1.807, 2.05) is 0 Å². The Bertz CT molecular complexity index is 184. The lowest BCUT2D eigenvalue weighted by Crippen LogP contribution is -3.00. The van der Waals surface area contributed by atoms with Crippen molar-refractivity contribution in [2.45, 2.75) is 84.0 Å². The van der Waals surface area contributed by atoms with Crippen LogP contribution in [-0.2, 0) is 0 Å². The summed E-state index contributed by atoms with van der Waals surface area (Å²) in [5, 5.41) is 0. The van der Waals surface area contributed by atoms with Crippen LogP contribution in [0.25, 0.3) is 0 Å². The molecule has 0 aliphatic heterocycles. The highest BCUT2D eigenvalue weighted by Crippen LogP contribution is 2.12. The maximum atomic E-state index is 5.91. The second-order valence-electron chi connectivity index (χ2n) is 6.67. The molecule has 0 N–H and O–H groups in total. The van der Waals surface area contributed by atoms with Crippen LogP contribution in [0.1, 0.15) is 84.0 Å². The van der Waals surface area contributed by atoms with E-state index in [1.54, 1.807) is 0 Å². The molecule has 0 heterocycles. The van der Waals surface area contributed by atoms with Crippen molar-refractivity contribution in [1.82, 2.24) is 0 Å². The lowest BCUT2D eigenvalue weighted by molar-refractivity contribution is -0.879. The van der Waals surface area contributed by atoms with E-state index in [1.165, 1.54) is 83.6 Å². The minimum Gasteiger partial charge on any atom is -1.00 e. The molecule has 0 saturated carbocycles. The summed E-state index contributed by atoms with van der Waals surface area (Å²) >= 11 is 5.91. The summed E-state index contributed by atoms with van der Waals surface area (Å²) < 4.78 is 0.958. The fourth-order valence-electron chi connectivity index (χ4n) is 2.44. The Balaban J connectivity index is 0. The summed E-state index contributed by atoms with van der Waals surface area (Å²) in [6, 6.07) is 0.734. The molecule has 0 aromatic heterocycles. The summed E-state index contributed by atoms with van der Waals surface area (Å²) in [4.78, 5) is 0. The summed E-state index contributed by atoms with van der Waals surface area (Å²) in [5.74, 6) is 0. The molecule has 0 fully saturated rings. The molecule has 20 heavy (non-hydrogen) atoms. The van der Waals surface area contributed by atoms with Gasteiger partial charge in [0, 0.05) is 0 Å². The SMILES string of the molecule is CCCCCCCCCCCCCC[N+](C)(C)CCl.[Cl-]. The summed E-state index contributed by atoms with van der Waals surface area (Å²) in [5.41, 5.74) is 0. The average molecular weight is 326 g/mol. The zero-order valence-corrected chi connectivity index (χ0v) is 15.6. The van der Waals surface area contributed by atoms with Crippen LogP contribution in [0.4, 0.5) is 0 Å². The molecule has 0 bridgehead atoms. The van der Waals surface area contributed by atoms with Gasteiger partial charge in [0.15, 0.2) is 6.00 Å². The lowest BCUT2D eigenvalue weighted by atomic mass is 10.1. The zero-order chi connectivity index (χ0) is 14.4. The highest BCUT2D eigenvalue weighted by atomic mass is 35.5. The van der Waals surface area contributed by atoms with E-state index in [-0.39, 0.29) is 12.4 Å². The van der Waals surface area contributed by atoms with E-state index in [4.69, 9.17) is 11.6 Å². The molecule has 0 atom stereocenters. The van der Waals surface area contributed by atoms with E-state index in [9.17, 15) is 0 Å². The summed E-state index contributed by atoms with van der Waals surface area (Å²) in [6.07, 6.45) is 17.1. The van der Waals surface area contributed by atoms with Crippen LogP contribution in [-0.4, -0.2) is 31.1 Å². The number of alkyl halides is 1. The first kappa shape index (κ1) is 22.8. The predicted molar refractivity (Wildman–Crippen MR) is 88.8 cm³/mol. The molecule has 0 unspecified atom stereocenters. The third-order valence-corrected chi connectivity index (χ3v) is 4.59. The van der Waals surface area contributed by atoms with Crippen LogP contribution in [0.3, 0.4) is 0 Å². The highest BCUT2D eigenvalue weighted by molar-refractivity contribution is 6.16. The van der Waals surface area contributed by atoms with Gasteiger partial charge in [-0.05, 0) is 12.8 Å². The second kappa shape index (κ2) is 15.9. The number of nitrogens with zero attached hydrogens (tertiary/aromatic N) is 1. The molecule has 0 aliphatic rings. The minimum absolute atomic E-state index is 0. The van der Waals surface area contributed by atoms with Crippen LogP contribution in [0.5, 0.6) is 0 Å². The van der Waals surface area contributed by atoms with Crippen molar-refractivity contribution in [3.63, 3.8) is 0 Å². The molecule has 0 rings (SSSR count). The molecular weight excluding hydrogens is 289 g/mol. The van der Waals surface area contributed by atoms with Gasteiger partial charge in [0.2, 0.25) is 0 Å². The lowest BCUT2D eigenvalue weighted by Gasteiger charge is -2.26. The van der Waals surface area contributed by atoms with Gasteiger partial charge in [0.25, 0.3) is 0 Å². The van der Waals surface area contributed by atoms with Crippen LogP contribution in [0.15, 0.2) is 0 Å². The standard InChI is InChI=1S/C17H37ClN.ClH/c1-4-5-6-7-8-9-10-11-12-13-14-15-16-19(2,3)17-18;/h4-17H2,1-3H3;1H/q+1;/p-1. The first-order valence-electron chi connectivity index (χ1n) is 8.50. The van der Waals surface area contributed by atoms with Crippen molar-refractivity contribution < 1.29 is 16.9 Å². The third-order valence-electron chi connectivity index (χ3n) is 3.94. The number of rotatable bonds is 14. The fourth-order valence-corrected chi connectivity index (χ4v) is 2.56. The van der Waals surface area contributed by atoms with Gasteiger partial charge in [-0.1, -0.05) is 82.7 Å². The Morgan fingerprint density at radius 1 is 0.650 bits per heavy atom. The zero-order valence-electron chi connectivity index (χ0n) is 14.1. The van der Waals surface area contributed by atoms with Crippen molar-refractivity contribution >= 4 is 11.6 Å². The van der Waals surface area contributed by atoms with Crippen molar-refractivity contribution in [3.8, 4) is 0 Å². The van der Waals surface area contributed by atoms with E-state index in [2.05, 4.69) is 21.0 Å². The molecular formula is C17H37Cl2N. The molecule has 0 aromatic carbocycles. The van der Waals surface area contributed by atoms with E-state index in [0.717, 1.165) is 10.5 Å². The van der Waals surface area contributed by atoms with Gasteiger partial charge in [-0.15, -0.1) is 0 Å². The van der Waals surface area contributed by atoms with Crippen molar-refractivity contribution in [2.24, 2.45) is 0 Å². The minimum atomic E-state index is 0. The van der Waals surface area contributed by atoms with E-state index < -0.39 is 0 Å². The summed E-state index contributed by atoms with van der Waals surface area (Å²) in [6.45, 7) is 3.51. The van der Waals surface area contributed by atoms with Gasteiger partial charge in [0.1, 0.15) is 0 Å². The molecule has 0 spiro atoms. The number of hydrogen-bond acceptors (Lipinski definition) is 0. The van der Waals surface area contributed by atoms with Gasteiger partial charge in [0.05, 0.1) is 20.6 Å². The first-order chi connectivity index (χ1) is 9.12. The Kier molecular flexibility index (Phi) is 18.2. The Hall–Kier alpha value is 0.540. The molecule has 0 amide bonds. The van der Waals surface area contributed by atoms with Crippen LogP contribution in [0, 0.1) is 0 Å². The van der Waals surface area contributed by atoms with Gasteiger partial charge < -0.3 is 16.9 Å². The van der Waals surface area contributed by atoms with Crippen LogP contribution in [0.2, 0.25) is 0 Å². The second-order valence-corrected chi connectivity index (χ2v) is 6.91. The number of halogens is 2. The van der Waals surface area contributed by atoms with Crippen molar-refractivity contribution in [1.29, 1.82) is 0 Å².